The van der Waals surface area contributed by atoms with E-state index >= 15 is 0 Å². The molecule has 0 unspecified atom stereocenters. The van der Waals surface area contributed by atoms with Gasteiger partial charge in [0.15, 0.2) is 0 Å². The summed E-state index contributed by atoms with van der Waals surface area (Å²) in [5.41, 5.74) is 2.23. The van der Waals surface area contributed by atoms with Crippen LogP contribution in [-0.2, 0) is 32.6 Å². The summed E-state index contributed by atoms with van der Waals surface area (Å²) in [6.45, 7) is 7.22. The highest BCUT2D eigenvalue weighted by Crippen LogP contribution is 2.20. The molecular formula is C25H34ClN3O4S. The number of halogens is 1. The molecule has 0 fully saturated rings. The third-order valence-electron chi connectivity index (χ3n) is 5.75. The number of nitrogens with zero attached hydrogens (tertiary/aromatic N) is 2. The highest BCUT2D eigenvalue weighted by atomic mass is 35.5. The van der Waals surface area contributed by atoms with Gasteiger partial charge in [-0.1, -0.05) is 49.7 Å². The van der Waals surface area contributed by atoms with E-state index in [9.17, 15) is 18.0 Å². The normalized spacial score (nSPS) is 13.1. The van der Waals surface area contributed by atoms with Crippen molar-refractivity contribution in [3.8, 4) is 0 Å². The monoisotopic (exact) mass is 507 g/mol. The summed E-state index contributed by atoms with van der Waals surface area (Å²) >= 11 is 5.99. The number of hydrogen-bond acceptors (Lipinski definition) is 4. The minimum atomic E-state index is -3.75. The van der Waals surface area contributed by atoms with Crippen molar-refractivity contribution in [1.82, 2.24) is 10.2 Å². The maximum atomic E-state index is 13.5. The first-order valence-electron chi connectivity index (χ1n) is 11.4. The maximum absolute atomic E-state index is 13.5. The van der Waals surface area contributed by atoms with Gasteiger partial charge in [0.25, 0.3) is 0 Å². The van der Waals surface area contributed by atoms with Crippen LogP contribution in [0.1, 0.15) is 45.2 Å². The smallest absolute Gasteiger partial charge is 0.244 e. The highest BCUT2D eigenvalue weighted by Gasteiger charge is 2.30. The van der Waals surface area contributed by atoms with Crippen molar-refractivity contribution in [2.45, 2.75) is 59.2 Å². The fraction of sp³-hybridized carbons (Fsp3) is 0.440. The van der Waals surface area contributed by atoms with E-state index in [1.165, 1.54) is 4.90 Å². The second-order valence-corrected chi connectivity index (χ2v) is 10.8. The maximum Gasteiger partial charge on any atom is 0.244 e. The van der Waals surface area contributed by atoms with Crippen LogP contribution in [0.2, 0.25) is 5.02 Å². The van der Waals surface area contributed by atoms with Crippen LogP contribution in [0.25, 0.3) is 0 Å². The molecular weight excluding hydrogens is 474 g/mol. The van der Waals surface area contributed by atoms with Gasteiger partial charge in [0, 0.05) is 17.6 Å². The van der Waals surface area contributed by atoms with Crippen molar-refractivity contribution >= 4 is 39.1 Å². The van der Waals surface area contributed by atoms with Gasteiger partial charge in [-0.3, -0.25) is 13.9 Å². The first-order chi connectivity index (χ1) is 16.0. The number of sulfonamides is 1. The van der Waals surface area contributed by atoms with Crippen LogP contribution in [0.4, 0.5) is 5.69 Å². The van der Waals surface area contributed by atoms with Crippen molar-refractivity contribution in [2.75, 3.05) is 17.1 Å². The van der Waals surface area contributed by atoms with Gasteiger partial charge in [0.1, 0.15) is 12.6 Å². The average molecular weight is 508 g/mol. The Labute approximate surface area is 208 Å². The quantitative estimate of drug-likeness (QED) is 0.498. The molecule has 9 heteroatoms. The van der Waals surface area contributed by atoms with E-state index in [-0.39, 0.29) is 18.5 Å². The van der Waals surface area contributed by atoms with Gasteiger partial charge in [-0.25, -0.2) is 8.42 Å². The van der Waals surface area contributed by atoms with Gasteiger partial charge in [0.05, 0.1) is 11.9 Å². The Hall–Kier alpha value is -2.58. The van der Waals surface area contributed by atoms with E-state index in [4.69, 9.17) is 11.6 Å². The van der Waals surface area contributed by atoms with E-state index in [0.29, 0.717) is 10.7 Å². The lowest BCUT2D eigenvalue weighted by atomic mass is 10.1. The molecule has 0 aliphatic rings. The Morgan fingerprint density at radius 1 is 0.971 bits per heavy atom. The van der Waals surface area contributed by atoms with Gasteiger partial charge in [-0.2, -0.15) is 0 Å². The van der Waals surface area contributed by atoms with E-state index in [0.717, 1.165) is 34.5 Å². The first kappa shape index (κ1) is 27.7. The van der Waals surface area contributed by atoms with Crippen LogP contribution < -0.4 is 9.62 Å². The summed E-state index contributed by atoms with van der Waals surface area (Å²) in [7, 11) is -3.75. The van der Waals surface area contributed by atoms with Crippen LogP contribution in [0.15, 0.2) is 48.5 Å². The number of benzene rings is 2. The minimum Gasteiger partial charge on any atom is -0.352 e. The van der Waals surface area contributed by atoms with Crippen LogP contribution in [-0.4, -0.2) is 50.0 Å². The fourth-order valence-corrected chi connectivity index (χ4v) is 4.32. The molecule has 186 valence electrons. The number of rotatable bonds is 11. The summed E-state index contributed by atoms with van der Waals surface area (Å²) in [5.74, 6) is -0.776. The summed E-state index contributed by atoms with van der Waals surface area (Å²) in [6.07, 6.45) is 2.63. The van der Waals surface area contributed by atoms with Crippen LogP contribution >= 0.6 is 11.6 Å². The topological polar surface area (TPSA) is 86.8 Å². The van der Waals surface area contributed by atoms with Crippen molar-refractivity contribution in [3.05, 3.63) is 64.7 Å². The van der Waals surface area contributed by atoms with Crippen LogP contribution in [0.5, 0.6) is 0 Å². The predicted molar refractivity (Wildman–Crippen MR) is 137 cm³/mol. The second kappa shape index (κ2) is 12.2. The van der Waals surface area contributed by atoms with E-state index < -0.39 is 28.5 Å². The third-order valence-corrected chi connectivity index (χ3v) is 7.14. The Morgan fingerprint density at radius 2 is 1.53 bits per heavy atom. The lowest BCUT2D eigenvalue weighted by molar-refractivity contribution is -0.139. The Bertz CT molecular complexity index is 1070. The molecule has 0 aliphatic carbocycles. The van der Waals surface area contributed by atoms with E-state index in [2.05, 4.69) is 5.32 Å². The second-order valence-electron chi connectivity index (χ2n) is 8.43. The zero-order chi connectivity index (χ0) is 25.5. The van der Waals surface area contributed by atoms with Gasteiger partial charge >= 0.3 is 0 Å². The first-order valence-corrected chi connectivity index (χ1v) is 13.6. The van der Waals surface area contributed by atoms with Gasteiger partial charge in [-0.15, -0.1) is 0 Å². The van der Waals surface area contributed by atoms with Gasteiger partial charge in [0.2, 0.25) is 21.8 Å². The highest BCUT2D eigenvalue weighted by molar-refractivity contribution is 7.92. The molecule has 0 heterocycles. The number of carbonyl (C=O) groups excluding carboxylic acids is 2. The molecule has 0 aliphatic heterocycles. The van der Waals surface area contributed by atoms with Gasteiger partial charge in [-0.05, 0) is 62.1 Å². The Balaban J connectivity index is 2.36. The molecule has 34 heavy (non-hydrogen) atoms. The van der Waals surface area contributed by atoms with Gasteiger partial charge < -0.3 is 10.2 Å². The van der Waals surface area contributed by atoms with Crippen molar-refractivity contribution < 1.29 is 18.0 Å². The summed E-state index contributed by atoms with van der Waals surface area (Å²) in [4.78, 5) is 27.8. The van der Waals surface area contributed by atoms with Crippen molar-refractivity contribution in [3.63, 3.8) is 0 Å². The standard InChI is InChI=1S/C25H34ClN3O4S/c1-6-18(3)27-25(31)19(4)28(16-21-8-12-22(26)13-9-21)24(30)17-29(34(5,32)33)23-14-10-20(7-2)11-15-23/h8-15,18-19H,6-7,16-17H2,1-5H3,(H,27,31)/t18-,19-/m0/s1. The zero-order valence-electron chi connectivity index (χ0n) is 20.4. The molecule has 1 N–H and O–H groups in total. The van der Waals surface area contributed by atoms with Crippen molar-refractivity contribution in [1.29, 1.82) is 0 Å². The molecule has 7 nitrogen and oxygen atoms in total. The number of amides is 2. The molecule has 2 amide bonds. The molecule has 0 radical (unpaired) electrons. The number of aryl methyl sites for hydroxylation is 1. The molecule has 0 aromatic heterocycles. The minimum absolute atomic E-state index is 0.0490. The molecule has 0 saturated carbocycles. The molecule has 2 rings (SSSR count). The molecule has 2 atom stereocenters. The van der Waals surface area contributed by atoms with Crippen LogP contribution in [0, 0.1) is 0 Å². The summed E-state index contributed by atoms with van der Waals surface area (Å²) in [6, 6.07) is 13.2. The lowest BCUT2D eigenvalue weighted by Gasteiger charge is -2.32. The lowest BCUT2D eigenvalue weighted by Crippen LogP contribution is -2.52. The third kappa shape index (κ3) is 7.74. The SMILES string of the molecule is CCc1ccc(N(CC(=O)N(Cc2ccc(Cl)cc2)[C@@H](C)C(=O)N[C@@H](C)CC)S(C)(=O)=O)cc1. The Morgan fingerprint density at radius 3 is 2.03 bits per heavy atom. The van der Waals surface area contributed by atoms with Crippen LogP contribution in [0.3, 0.4) is 0 Å². The summed E-state index contributed by atoms with van der Waals surface area (Å²) < 4.78 is 26.3. The number of carbonyl (C=O) groups is 2. The van der Waals surface area contributed by atoms with E-state index in [1.807, 2.05) is 32.9 Å². The number of anilines is 1. The Kier molecular flexibility index (Phi) is 9.94. The summed E-state index contributed by atoms with van der Waals surface area (Å²) in [5, 5.41) is 3.46. The largest absolute Gasteiger partial charge is 0.352 e. The molecule has 2 aromatic rings. The molecule has 0 saturated heterocycles. The number of hydrogen-bond donors (Lipinski definition) is 1. The zero-order valence-corrected chi connectivity index (χ0v) is 22.0. The fourth-order valence-electron chi connectivity index (χ4n) is 3.35. The number of nitrogens with one attached hydrogen (secondary N) is 1. The van der Waals surface area contributed by atoms with Crippen molar-refractivity contribution in [2.24, 2.45) is 0 Å². The van der Waals surface area contributed by atoms with E-state index in [1.54, 1.807) is 43.3 Å². The molecule has 2 aromatic carbocycles. The molecule has 0 spiro atoms. The average Bonchev–Trinajstić information content (AvgIpc) is 2.80. The molecule has 0 bridgehead atoms. The predicted octanol–water partition coefficient (Wildman–Crippen LogP) is 4.00.